The first-order valence-corrected chi connectivity index (χ1v) is 7.33. The summed E-state index contributed by atoms with van der Waals surface area (Å²) < 4.78 is 17.4. The minimum atomic E-state index is -0.878. The Balaban J connectivity index is 0.00000162. The number of hydrogen-bond acceptors (Lipinski definition) is 3. The maximum atomic E-state index is 12.1. The van der Waals surface area contributed by atoms with Crippen molar-refractivity contribution in [2.45, 2.75) is 11.8 Å². The first kappa shape index (κ1) is 15.6. The molecule has 0 bridgehead atoms. The molecular weight excluding hydrogens is 270 g/mol. The lowest BCUT2D eigenvalue weighted by Crippen LogP contribution is -2.38. The highest BCUT2D eigenvalue weighted by Crippen LogP contribution is 2.09. The number of aryl methyl sites for hydroxylation is 1. The van der Waals surface area contributed by atoms with Crippen molar-refractivity contribution in [3.63, 3.8) is 0 Å². The third-order valence-electron chi connectivity index (χ3n) is 2.95. The SMILES string of the molecule is Cc1cccc(S(=O)CCN2CCOCC2)c1.Cl. The Morgan fingerprint density at radius 2 is 2.06 bits per heavy atom. The smallest absolute Gasteiger partial charge is 0.0594 e. The van der Waals surface area contributed by atoms with E-state index in [1.807, 2.05) is 31.2 Å². The molecule has 2 rings (SSSR count). The number of hydrogen-bond donors (Lipinski definition) is 0. The van der Waals surface area contributed by atoms with E-state index in [2.05, 4.69) is 4.90 Å². The van der Waals surface area contributed by atoms with Gasteiger partial charge in [-0.2, -0.15) is 0 Å². The molecule has 1 heterocycles. The van der Waals surface area contributed by atoms with E-state index in [0.29, 0.717) is 5.75 Å². The van der Waals surface area contributed by atoms with Crippen molar-refractivity contribution in [3.05, 3.63) is 29.8 Å². The third-order valence-corrected chi connectivity index (χ3v) is 4.28. The number of benzene rings is 1. The molecule has 1 aromatic rings. The van der Waals surface area contributed by atoms with Crippen LogP contribution >= 0.6 is 12.4 Å². The van der Waals surface area contributed by atoms with Gasteiger partial charge in [-0.25, -0.2) is 0 Å². The standard InChI is InChI=1S/C13H19NO2S.ClH/c1-12-3-2-4-13(11-12)17(15)10-7-14-5-8-16-9-6-14;/h2-4,11H,5-10H2,1H3;1H. The molecule has 0 aromatic heterocycles. The summed E-state index contributed by atoms with van der Waals surface area (Å²) in [5, 5.41) is 0. The Morgan fingerprint density at radius 3 is 2.72 bits per heavy atom. The van der Waals surface area contributed by atoms with Crippen LogP contribution in [-0.4, -0.2) is 47.7 Å². The second-order valence-electron chi connectivity index (χ2n) is 4.32. The predicted octanol–water partition coefficient (Wildman–Crippen LogP) is 1.86. The maximum absolute atomic E-state index is 12.1. The van der Waals surface area contributed by atoms with E-state index in [9.17, 15) is 4.21 Å². The van der Waals surface area contributed by atoms with Crippen LogP contribution in [0.4, 0.5) is 0 Å². The van der Waals surface area contributed by atoms with Crippen molar-refractivity contribution in [3.8, 4) is 0 Å². The van der Waals surface area contributed by atoms with Gasteiger partial charge in [0.05, 0.1) is 24.0 Å². The van der Waals surface area contributed by atoms with Crippen molar-refractivity contribution >= 4 is 23.2 Å². The third kappa shape index (κ3) is 4.69. The van der Waals surface area contributed by atoms with Crippen LogP contribution < -0.4 is 0 Å². The zero-order valence-electron chi connectivity index (χ0n) is 10.6. The van der Waals surface area contributed by atoms with Crippen molar-refractivity contribution in [1.29, 1.82) is 0 Å². The fourth-order valence-corrected chi connectivity index (χ4v) is 3.12. The van der Waals surface area contributed by atoms with Gasteiger partial charge in [-0.3, -0.25) is 9.11 Å². The quantitative estimate of drug-likeness (QED) is 0.847. The van der Waals surface area contributed by atoms with Crippen LogP contribution in [-0.2, 0) is 15.5 Å². The van der Waals surface area contributed by atoms with Crippen LogP contribution in [0, 0.1) is 6.92 Å². The Morgan fingerprint density at radius 1 is 1.33 bits per heavy atom. The number of ether oxygens (including phenoxy) is 1. The average Bonchev–Trinajstić information content (AvgIpc) is 2.37. The van der Waals surface area contributed by atoms with E-state index < -0.39 is 10.8 Å². The van der Waals surface area contributed by atoms with Gasteiger partial charge in [0.15, 0.2) is 0 Å². The predicted molar refractivity (Wildman–Crippen MR) is 77.0 cm³/mol. The molecule has 0 N–H and O–H groups in total. The van der Waals surface area contributed by atoms with Crippen LogP contribution in [0.25, 0.3) is 0 Å². The van der Waals surface area contributed by atoms with Crippen LogP contribution in [0.15, 0.2) is 29.2 Å². The van der Waals surface area contributed by atoms with Gasteiger partial charge in [-0.05, 0) is 24.6 Å². The fourth-order valence-electron chi connectivity index (χ4n) is 1.91. The van der Waals surface area contributed by atoms with E-state index in [0.717, 1.165) is 37.7 Å². The summed E-state index contributed by atoms with van der Waals surface area (Å²) in [4.78, 5) is 3.26. The largest absolute Gasteiger partial charge is 0.379 e. The van der Waals surface area contributed by atoms with Gasteiger partial charge in [-0.1, -0.05) is 12.1 Å². The van der Waals surface area contributed by atoms with E-state index in [1.54, 1.807) is 0 Å². The Bertz CT molecular complexity index is 394. The Labute approximate surface area is 117 Å². The van der Waals surface area contributed by atoms with Crippen LogP contribution in [0.1, 0.15) is 5.56 Å². The van der Waals surface area contributed by atoms with Crippen LogP contribution in [0.3, 0.4) is 0 Å². The highest BCUT2D eigenvalue weighted by atomic mass is 35.5. The summed E-state index contributed by atoms with van der Waals surface area (Å²) in [7, 11) is -0.878. The highest BCUT2D eigenvalue weighted by molar-refractivity contribution is 7.85. The summed E-state index contributed by atoms with van der Waals surface area (Å²) in [6.07, 6.45) is 0. The zero-order chi connectivity index (χ0) is 12.1. The molecule has 18 heavy (non-hydrogen) atoms. The zero-order valence-corrected chi connectivity index (χ0v) is 12.3. The number of halogens is 1. The van der Waals surface area contributed by atoms with Crippen molar-refractivity contribution in [2.75, 3.05) is 38.6 Å². The van der Waals surface area contributed by atoms with Crippen molar-refractivity contribution < 1.29 is 8.95 Å². The molecular formula is C13H20ClNO2S. The lowest BCUT2D eigenvalue weighted by Gasteiger charge is -2.26. The van der Waals surface area contributed by atoms with Crippen LogP contribution in [0.2, 0.25) is 0 Å². The second kappa shape index (κ2) is 7.89. The Hall–Kier alpha value is -0.420. The average molecular weight is 290 g/mol. The first-order chi connectivity index (χ1) is 8.25. The topological polar surface area (TPSA) is 29.5 Å². The van der Waals surface area contributed by atoms with E-state index in [1.165, 1.54) is 5.56 Å². The van der Waals surface area contributed by atoms with Gasteiger partial charge in [-0.15, -0.1) is 12.4 Å². The molecule has 1 atom stereocenters. The van der Waals surface area contributed by atoms with E-state index in [-0.39, 0.29) is 12.4 Å². The van der Waals surface area contributed by atoms with Crippen molar-refractivity contribution in [2.24, 2.45) is 0 Å². The van der Waals surface area contributed by atoms with Gasteiger partial charge >= 0.3 is 0 Å². The minimum absolute atomic E-state index is 0. The lowest BCUT2D eigenvalue weighted by molar-refractivity contribution is 0.0409. The maximum Gasteiger partial charge on any atom is 0.0594 e. The molecule has 0 aliphatic carbocycles. The normalized spacial score (nSPS) is 18.1. The van der Waals surface area contributed by atoms with E-state index >= 15 is 0 Å². The lowest BCUT2D eigenvalue weighted by atomic mass is 10.2. The molecule has 0 radical (unpaired) electrons. The minimum Gasteiger partial charge on any atom is -0.379 e. The summed E-state index contributed by atoms with van der Waals surface area (Å²) in [6, 6.07) is 7.96. The molecule has 1 aliphatic rings. The number of rotatable bonds is 4. The van der Waals surface area contributed by atoms with Crippen molar-refractivity contribution in [1.82, 2.24) is 4.90 Å². The summed E-state index contributed by atoms with van der Waals surface area (Å²) in [5.74, 6) is 0.712. The summed E-state index contributed by atoms with van der Waals surface area (Å²) in [6.45, 7) is 6.46. The number of nitrogens with zero attached hydrogens (tertiary/aromatic N) is 1. The molecule has 1 unspecified atom stereocenters. The van der Waals surface area contributed by atoms with Gasteiger partial charge in [0, 0.05) is 30.3 Å². The highest BCUT2D eigenvalue weighted by Gasteiger charge is 2.12. The first-order valence-electron chi connectivity index (χ1n) is 6.01. The van der Waals surface area contributed by atoms with Crippen LogP contribution in [0.5, 0.6) is 0 Å². The summed E-state index contributed by atoms with van der Waals surface area (Å²) >= 11 is 0. The van der Waals surface area contributed by atoms with Gasteiger partial charge < -0.3 is 4.74 Å². The molecule has 1 aromatic carbocycles. The molecule has 0 amide bonds. The molecule has 1 fully saturated rings. The fraction of sp³-hybridized carbons (Fsp3) is 0.538. The monoisotopic (exact) mass is 289 g/mol. The molecule has 3 nitrogen and oxygen atoms in total. The second-order valence-corrected chi connectivity index (χ2v) is 5.89. The van der Waals surface area contributed by atoms with Gasteiger partial charge in [0.25, 0.3) is 0 Å². The molecule has 102 valence electrons. The molecule has 0 saturated carbocycles. The Kier molecular flexibility index (Phi) is 6.86. The molecule has 1 aliphatic heterocycles. The van der Waals surface area contributed by atoms with Gasteiger partial charge in [0.1, 0.15) is 0 Å². The van der Waals surface area contributed by atoms with Gasteiger partial charge in [0.2, 0.25) is 0 Å². The summed E-state index contributed by atoms with van der Waals surface area (Å²) in [5.41, 5.74) is 1.17. The van der Waals surface area contributed by atoms with E-state index in [4.69, 9.17) is 4.74 Å². The molecule has 5 heteroatoms. The number of morpholine rings is 1. The molecule has 0 spiro atoms. The molecule has 1 saturated heterocycles.